The SMILES string of the molecule is CC[C@H](N)C(=O)NCC1CCCCC1C(=O)O. The van der Waals surface area contributed by atoms with Crippen LogP contribution in [0.25, 0.3) is 0 Å². The van der Waals surface area contributed by atoms with Crippen LogP contribution in [-0.2, 0) is 9.59 Å². The van der Waals surface area contributed by atoms with Crippen molar-refractivity contribution >= 4 is 11.9 Å². The summed E-state index contributed by atoms with van der Waals surface area (Å²) in [5.41, 5.74) is 5.60. The average Bonchev–Trinajstić information content (AvgIpc) is 2.35. The molecule has 0 aromatic rings. The number of nitrogens with two attached hydrogens (primary N) is 1. The van der Waals surface area contributed by atoms with Crippen molar-refractivity contribution in [3.05, 3.63) is 0 Å². The third kappa shape index (κ3) is 4.00. The highest BCUT2D eigenvalue weighted by Crippen LogP contribution is 2.29. The molecule has 0 heterocycles. The van der Waals surface area contributed by atoms with Crippen LogP contribution >= 0.6 is 0 Å². The molecule has 0 spiro atoms. The number of carbonyl (C=O) groups is 2. The maximum absolute atomic E-state index is 11.5. The molecule has 1 saturated carbocycles. The molecule has 1 aliphatic rings. The molecule has 5 nitrogen and oxygen atoms in total. The zero-order valence-corrected chi connectivity index (χ0v) is 10.3. The molecule has 0 radical (unpaired) electrons. The Hall–Kier alpha value is -1.10. The van der Waals surface area contributed by atoms with Crippen molar-refractivity contribution in [2.45, 2.75) is 45.1 Å². The Bertz CT molecular complexity index is 281. The van der Waals surface area contributed by atoms with Gasteiger partial charge in [0.25, 0.3) is 0 Å². The Kier molecular flexibility index (Phi) is 5.41. The zero-order chi connectivity index (χ0) is 12.8. The topological polar surface area (TPSA) is 92.4 Å². The van der Waals surface area contributed by atoms with E-state index in [2.05, 4.69) is 5.32 Å². The molecule has 0 saturated heterocycles. The number of amides is 1. The van der Waals surface area contributed by atoms with E-state index in [1.54, 1.807) is 0 Å². The zero-order valence-electron chi connectivity index (χ0n) is 10.3. The van der Waals surface area contributed by atoms with Crippen molar-refractivity contribution in [2.24, 2.45) is 17.6 Å². The first-order chi connectivity index (χ1) is 8.06. The fraction of sp³-hybridized carbons (Fsp3) is 0.833. The Labute approximate surface area is 102 Å². The van der Waals surface area contributed by atoms with Gasteiger partial charge in [-0.2, -0.15) is 0 Å². The first kappa shape index (κ1) is 14.0. The summed E-state index contributed by atoms with van der Waals surface area (Å²) in [4.78, 5) is 22.6. The van der Waals surface area contributed by atoms with Crippen molar-refractivity contribution in [3.63, 3.8) is 0 Å². The fourth-order valence-electron chi connectivity index (χ4n) is 2.33. The van der Waals surface area contributed by atoms with E-state index < -0.39 is 12.0 Å². The van der Waals surface area contributed by atoms with Gasteiger partial charge in [-0.25, -0.2) is 0 Å². The summed E-state index contributed by atoms with van der Waals surface area (Å²) in [6.45, 7) is 2.29. The largest absolute Gasteiger partial charge is 0.481 e. The molecule has 4 N–H and O–H groups in total. The summed E-state index contributed by atoms with van der Waals surface area (Å²) < 4.78 is 0. The lowest BCUT2D eigenvalue weighted by Gasteiger charge is -2.28. The number of carboxylic acid groups (broad SMARTS) is 1. The van der Waals surface area contributed by atoms with Crippen LogP contribution in [0.4, 0.5) is 0 Å². The molecule has 0 aliphatic heterocycles. The first-order valence-electron chi connectivity index (χ1n) is 6.32. The minimum atomic E-state index is -0.747. The van der Waals surface area contributed by atoms with Gasteiger partial charge in [0.2, 0.25) is 5.91 Å². The molecule has 17 heavy (non-hydrogen) atoms. The minimum Gasteiger partial charge on any atom is -0.481 e. The second kappa shape index (κ2) is 6.59. The molecular formula is C12H22N2O3. The number of hydrogen-bond donors (Lipinski definition) is 3. The van der Waals surface area contributed by atoms with E-state index in [1.165, 1.54) is 0 Å². The second-order valence-electron chi connectivity index (χ2n) is 4.75. The van der Waals surface area contributed by atoms with Gasteiger partial charge in [0, 0.05) is 6.54 Å². The normalized spacial score (nSPS) is 26.2. The van der Waals surface area contributed by atoms with Crippen LogP contribution < -0.4 is 11.1 Å². The molecule has 1 fully saturated rings. The van der Waals surface area contributed by atoms with Gasteiger partial charge in [0.05, 0.1) is 12.0 Å². The lowest BCUT2D eigenvalue weighted by atomic mass is 9.79. The van der Waals surface area contributed by atoms with Gasteiger partial charge in [-0.3, -0.25) is 9.59 Å². The molecule has 2 unspecified atom stereocenters. The van der Waals surface area contributed by atoms with Crippen LogP contribution in [0.3, 0.4) is 0 Å². The van der Waals surface area contributed by atoms with Crippen LogP contribution in [0.5, 0.6) is 0 Å². The highest BCUT2D eigenvalue weighted by atomic mass is 16.4. The van der Waals surface area contributed by atoms with Crippen LogP contribution in [0, 0.1) is 11.8 Å². The number of carboxylic acids is 1. The van der Waals surface area contributed by atoms with Crippen molar-refractivity contribution in [1.82, 2.24) is 5.32 Å². The van der Waals surface area contributed by atoms with Crippen molar-refractivity contribution < 1.29 is 14.7 Å². The number of hydrogen-bond acceptors (Lipinski definition) is 3. The molecule has 1 amide bonds. The van der Waals surface area contributed by atoms with Gasteiger partial charge in [-0.15, -0.1) is 0 Å². The van der Waals surface area contributed by atoms with Crippen LogP contribution in [0.15, 0.2) is 0 Å². The summed E-state index contributed by atoms with van der Waals surface area (Å²) in [5.74, 6) is -1.19. The maximum atomic E-state index is 11.5. The predicted octanol–water partition coefficient (Wildman–Crippen LogP) is 0.731. The molecule has 0 aromatic heterocycles. The van der Waals surface area contributed by atoms with Gasteiger partial charge in [-0.05, 0) is 25.2 Å². The summed E-state index contributed by atoms with van der Waals surface area (Å²) in [6.07, 6.45) is 4.20. The quantitative estimate of drug-likeness (QED) is 0.662. The van der Waals surface area contributed by atoms with Crippen molar-refractivity contribution in [1.29, 1.82) is 0 Å². The summed E-state index contributed by atoms with van der Waals surface area (Å²) >= 11 is 0. The number of nitrogens with one attached hydrogen (secondary N) is 1. The van der Waals surface area contributed by atoms with E-state index in [9.17, 15) is 9.59 Å². The van der Waals surface area contributed by atoms with E-state index in [0.717, 1.165) is 25.7 Å². The molecule has 1 aliphatic carbocycles. The summed E-state index contributed by atoms with van der Waals surface area (Å²) in [7, 11) is 0. The van der Waals surface area contributed by atoms with Crippen molar-refractivity contribution in [3.8, 4) is 0 Å². The fourth-order valence-corrected chi connectivity index (χ4v) is 2.33. The number of carbonyl (C=O) groups excluding carboxylic acids is 1. The van der Waals surface area contributed by atoms with Crippen LogP contribution in [0.2, 0.25) is 0 Å². The maximum Gasteiger partial charge on any atom is 0.306 e. The van der Waals surface area contributed by atoms with Gasteiger partial charge in [-0.1, -0.05) is 19.8 Å². The first-order valence-corrected chi connectivity index (χ1v) is 6.32. The van der Waals surface area contributed by atoms with E-state index in [1.807, 2.05) is 6.92 Å². The Morgan fingerprint density at radius 2 is 2.06 bits per heavy atom. The monoisotopic (exact) mass is 242 g/mol. The Balaban J connectivity index is 2.43. The molecule has 1 rings (SSSR count). The molecule has 5 heteroatoms. The van der Waals surface area contributed by atoms with Gasteiger partial charge < -0.3 is 16.2 Å². The Morgan fingerprint density at radius 3 is 2.65 bits per heavy atom. The average molecular weight is 242 g/mol. The van der Waals surface area contributed by atoms with Gasteiger partial charge in [0.1, 0.15) is 0 Å². The Morgan fingerprint density at radius 1 is 1.41 bits per heavy atom. The second-order valence-corrected chi connectivity index (χ2v) is 4.75. The summed E-state index contributed by atoms with van der Waals surface area (Å²) in [5, 5.41) is 11.9. The van der Waals surface area contributed by atoms with Crippen LogP contribution in [-0.4, -0.2) is 29.6 Å². The predicted molar refractivity (Wildman–Crippen MR) is 64.4 cm³/mol. The molecule has 0 bridgehead atoms. The smallest absolute Gasteiger partial charge is 0.306 e. The highest BCUT2D eigenvalue weighted by molar-refractivity contribution is 5.81. The minimum absolute atomic E-state index is 0.0502. The standard InChI is InChI=1S/C12H22N2O3/c1-2-10(13)11(15)14-7-8-5-3-4-6-9(8)12(16)17/h8-10H,2-7,13H2,1H3,(H,14,15)(H,16,17)/t8?,9?,10-/m0/s1. The van der Waals surface area contributed by atoms with Crippen molar-refractivity contribution in [2.75, 3.05) is 6.54 Å². The van der Waals surface area contributed by atoms with Gasteiger partial charge in [0.15, 0.2) is 0 Å². The summed E-state index contributed by atoms with van der Waals surface area (Å²) in [6, 6.07) is -0.484. The van der Waals surface area contributed by atoms with E-state index in [4.69, 9.17) is 10.8 Å². The molecule has 98 valence electrons. The molecule has 3 atom stereocenters. The van der Waals surface area contributed by atoms with E-state index >= 15 is 0 Å². The lowest BCUT2D eigenvalue weighted by Crippen LogP contribution is -2.44. The third-order valence-electron chi connectivity index (χ3n) is 3.54. The van der Waals surface area contributed by atoms with Crippen LogP contribution in [0.1, 0.15) is 39.0 Å². The van der Waals surface area contributed by atoms with Gasteiger partial charge >= 0.3 is 5.97 Å². The molecule has 0 aromatic carbocycles. The number of aliphatic carboxylic acids is 1. The number of rotatable bonds is 5. The lowest BCUT2D eigenvalue weighted by molar-refractivity contribution is -0.145. The molecular weight excluding hydrogens is 220 g/mol. The highest BCUT2D eigenvalue weighted by Gasteiger charge is 2.31. The van der Waals surface area contributed by atoms with E-state index in [0.29, 0.717) is 13.0 Å². The van der Waals surface area contributed by atoms with E-state index in [-0.39, 0.29) is 17.7 Å². The third-order valence-corrected chi connectivity index (χ3v) is 3.54.